The second-order valence-electron chi connectivity index (χ2n) is 8.24. The Morgan fingerprint density at radius 1 is 1.05 bits per heavy atom. The molecule has 2 unspecified atom stereocenters. The van der Waals surface area contributed by atoms with Crippen molar-refractivity contribution in [2.24, 2.45) is 23.0 Å². The van der Waals surface area contributed by atoms with E-state index in [1.165, 1.54) is 49.7 Å². The van der Waals surface area contributed by atoms with Gasteiger partial charge in [-0.1, -0.05) is 18.2 Å². The molecule has 21 heavy (non-hydrogen) atoms. The zero-order chi connectivity index (χ0) is 14.0. The van der Waals surface area contributed by atoms with Gasteiger partial charge in [-0.3, -0.25) is 0 Å². The third-order valence-electron chi connectivity index (χ3n) is 6.73. The lowest BCUT2D eigenvalue weighted by Crippen LogP contribution is -2.56. The Kier molecular flexibility index (Phi) is 3.65. The van der Waals surface area contributed by atoms with Crippen LogP contribution in [-0.2, 0) is 5.41 Å². The van der Waals surface area contributed by atoms with Crippen molar-refractivity contribution in [2.45, 2.75) is 57.8 Å². The summed E-state index contributed by atoms with van der Waals surface area (Å²) in [6.45, 7) is 5.39. The molecule has 4 fully saturated rings. The topological polar surface area (TPSA) is 26.0 Å². The molecule has 1 aromatic rings. The van der Waals surface area contributed by atoms with E-state index < -0.39 is 0 Å². The third kappa shape index (κ3) is 2.24. The van der Waals surface area contributed by atoms with Crippen molar-refractivity contribution < 1.29 is 0 Å². The first-order valence-corrected chi connectivity index (χ1v) is 8.32. The zero-order valence-corrected chi connectivity index (χ0v) is 14.1. The molecule has 1 nitrogen and oxygen atoms in total. The summed E-state index contributed by atoms with van der Waals surface area (Å²) in [4.78, 5) is 0. The van der Waals surface area contributed by atoms with Crippen molar-refractivity contribution in [3.63, 3.8) is 0 Å². The number of rotatable bonds is 2. The molecule has 4 aliphatic carbocycles. The van der Waals surface area contributed by atoms with Crippen LogP contribution in [-0.4, -0.2) is 6.54 Å². The Labute approximate surface area is 135 Å². The normalized spacial score (nSPS) is 40.1. The van der Waals surface area contributed by atoms with Crippen molar-refractivity contribution in [2.75, 3.05) is 6.54 Å². The summed E-state index contributed by atoms with van der Waals surface area (Å²) in [5, 5.41) is 0. The summed E-state index contributed by atoms with van der Waals surface area (Å²) < 4.78 is 0. The Bertz CT molecular complexity index is 536. The van der Waals surface area contributed by atoms with Crippen molar-refractivity contribution in [1.29, 1.82) is 0 Å². The van der Waals surface area contributed by atoms with Crippen LogP contribution in [0.2, 0.25) is 0 Å². The fourth-order valence-electron chi connectivity index (χ4n) is 6.10. The second kappa shape index (κ2) is 4.99. The summed E-state index contributed by atoms with van der Waals surface area (Å²) in [5.41, 5.74) is 11.7. The SMILES string of the molecule is Cc1ccc(C23C[C@@H]4C[C@@H](CC(CN)(C4)C2)C3)cc1C.Cl. The molecule has 4 saturated carbocycles. The fraction of sp³-hybridized carbons (Fsp3) is 0.684. The standard InChI is InChI=1S/C19H27N.ClH/c1-13-3-4-17(5-14(13)2)19-9-15-6-16(10-19)8-18(7-15,11-19)12-20;/h3-5,15-16H,6-12,20H2,1-2H3;1H/t15-,16+,18?,19?;. The van der Waals surface area contributed by atoms with Crippen LogP contribution in [0.25, 0.3) is 0 Å². The van der Waals surface area contributed by atoms with Crippen molar-refractivity contribution in [3.05, 3.63) is 34.9 Å². The van der Waals surface area contributed by atoms with Crippen molar-refractivity contribution >= 4 is 12.4 Å². The number of hydrogen-bond donors (Lipinski definition) is 1. The van der Waals surface area contributed by atoms with E-state index in [0.717, 1.165) is 18.4 Å². The van der Waals surface area contributed by atoms with Crippen LogP contribution >= 0.6 is 12.4 Å². The molecule has 0 aliphatic heterocycles. The minimum absolute atomic E-state index is 0. The van der Waals surface area contributed by atoms with E-state index in [9.17, 15) is 0 Å². The number of benzene rings is 1. The van der Waals surface area contributed by atoms with Gasteiger partial charge in [0.15, 0.2) is 0 Å². The fourth-order valence-corrected chi connectivity index (χ4v) is 6.10. The van der Waals surface area contributed by atoms with Gasteiger partial charge in [0.25, 0.3) is 0 Å². The molecule has 2 N–H and O–H groups in total. The van der Waals surface area contributed by atoms with E-state index in [1.54, 1.807) is 5.56 Å². The molecule has 0 saturated heterocycles. The lowest BCUT2D eigenvalue weighted by atomic mass is 9.43. The molecule has 4 aliphatic rings. The highest BCUT2D eigenvalue weighted by molar-refractivity contribution is 5.85. The van der Waals surface area contributed by atoms with Gasteiger partial charge in [-0.15, -0.1) is 12.4 Å². The van der Waals surface area contributed by atoms with E-state index in [2.05, 4.69) is 32.0 Å². The van der Waals surface area contributed by atoms with E-state index in [-0.39, 0.29) is 12.4 Å². The molecule has 0 heterocycles. The summed E-state index contributed by atoms with van der Waals surface area (Å²) in [5.74, 6) is 1.89. The first-order chi connectivity index (χ1) is 9.54. The predicted molar refractivity (Wildman–Crippen MR) is 91.0 cm³/mol. The Morgan fingerprint density at radius 2 is 1.71 bits per heavy atom. The highest BCUT2D eigenvalue weighted by Crippen LogP contribution is 2.65. The smallest absolute Gasteiger partial charge is 0.00200 e. The average Bonchev–Trinajstić information content (AvgIpc) is 2.40. The van der Waals surface area contributed by atoms with Crippen LogP contribution in [0.15, 0.2) is 18.2 Å². The number of halogens is 1. The Balaban J connectivity index is 0.00000132. The summed E-state index contributed by atoms with van der Waals surface area (Å²) in [6.07, 6.45) is 8.50. The van der Waals surface area contributed by atoms with Gasteiger partial charge in [0.05, 0.1) is 0 Å². The molecule has 1 aromatic carbocycles. The van der Waals surface area contributed by atoms with E-state index in [0.29, 0.717) is 10.8 Å². The van der Waals surface area contributed by atoms with Crippen LogP contribution in [0.5, 0.6) is 0 Å². The molecule has 4 atom stereocenters. The van der Waals surface area contributed by atoms with Gasteiger partial charge in [-0.05, 0) is 98.3 Å². The van der Waals surface area contributed by atoms with E-state index in [1.807, 2.05) is 0 Å². The second-order valence-corrected chi connectivity index (χ2v) is 8.24. The minimum atomic E-state index is 0. The van der Waals surface area contributed by atoms with Crippen LogP contribution in [0, 0.1) is 31.1 Å². The first kappa shape index (κ1) is 15.4. The number of hydrogen-bond acceptors (Lipinski definition) is 1. The first-order valence-electron chi connectivity index (χ1n) is 8.32. The summed E-state index contributed by atoms with van der Waals surface area (Å²) in [6, 6.07) is 7.23. The highest BCUT2D eigenvalue weighted by atomic mass is 35.5. The van der Waals surface area contributed by atoms with Crippen LogP contribution in [0.1, 0.15) is 55.2 Å². The molecule has 0 aromatic heterocycles. The molecule has 116 valence electrons. The number of nitrogens with two attached hydrogens (primary N) is 1. The summed E-state index contributed by atoms with van der Waals surface area (Å²) >= 11 is 0. The largest absolute Gasteiger partial charge is 0.330 e. The van der Waals surface area contributed by atoms with Crippen LogP contribution in [0.4, 0.5) is 0 Å². The maximum atomic E-state index is 6.22. The molecule has 5 rings (SSSR count). The predicted octanol–water partition coefficient (Wildman–Crippen LogP) is 4.52. The molecule has 4 bridgehead atoms. The van der Waals surface area contributed by atoms with Gasteiger partial charge < -0.3 is 5.73 Å². The maximum absolute atomic E-state index is 6.22. The summed E-state index contributed by atoms with van der Waals surface area (Å²) in [7, 11) is 0. The van der Waals surface area contributed by atoms with Crippen LogP contribution in [0.3, 0.4) is 0 Å². The lowest BCUT2D eigenvalue weighted by Gasteiger charge is -2.62. The molecule has 2 heteroatoms. The molecule has 0 amide bonds. The number of aryl methyl sites for hydroxylation is 2. The Hall–Kier alpha value is -0.530. The van der Waals surface area contributed by atoms with E-state index >= 15 is 0 Å². The quantitative estimate of drug-likeness (QED) is 0.854. The van der Waals surface area contributed by atoms with Gasteiger partial charge in [-0.2, -0.15) is 0 Å². The Morgan fingerprint density at radius 3 is 2.29 bits per heavy atom. The lowest BCUT2D eigenvalue weighted by molar-refractivity contribution is -0.0667. The monoisotopic (exact) mass is 305 g/mol. The minimum Gasteiger partial charge on any atom is -0.330 e. The molecular weight excluding hydrogens is 278 g/mol. The third-order valence-corrected chi connectivity index (χ3v) is 6.73. The van der Waals surface area contributed by atoms with Crippen molar-refractivity contribution in [1.82, 2.24) is 0 Å². The van der Waals surface area contributed by atoms with Gasteiger partial charge in [0.2, 0.25) is 0 Å². The molecular formula is C19H28ClN. The van der Waals surface area contributed by atoms with Gasteiger partial charge >= 0.3 is 0 Å². The van der Waals surface area contributed by atoms with Gasteiger partial charge in [0.1, 0.15) is 0 Å². The molecule has 0 spiro atoms. The maximum Gasteiger partial charge on any atom is -0.00200 e. The van der Waals surface area contributed by atoms with E-state index in [4.69, 9.17) is 5.73 Å². The van der Waals surface area contributed by atoms with Gasteiger partial charge in [0, 0.05) is 0 Å². The molecule has 0 radical (unpaired) electrons. The average molecular weight is 306 g/mol. The van der Waals surface area contributed by atoms with Crippen molar-refractivity contribution in [3.8, 4) is 0 Å². The van der Waals surface area contributed by atoms with Gasteiger partial charge in [-0.25, -0.2) is 0 Å². The van der Waals surface area contributed by atoms with Crippen LogP contribution < -0.4 is 5.73 Å². The highest BCUT2D eigenvalue weighted by Gasteiger charge is 2.57. The zero-order valence-electron chi connectivity index (χ0n) is 13.3.